The second-order valence-corrected chi connectivity index (χ2v) is 32.6. The van der Waals surface area contributed by atoms with Gasteiger partial charge in [-0.1, -0.05) is 40.7 Å². The molecule has 0 bridgehead atoms. The zero-order valence-corrected chi connectivity index (χ0v) is 78.6. The van der Waals surface area contributed by atoms with Crippen molar-refractivity contribution in [2.75, 3.05) is 190 Å². The maximum absolute atomic E-state index is 9.96. The molecule has 0 amide bonds. The molecule has 0 aromatic heterocycles. The van der Waals surface area contributed by atoms with Gasteiger partial charge in [-0.25, -0.2) is 0 Å². The van der Waals surface area contributed by atoms with Gasteiger partial charge in [0.2, 0.25) is 0 Å². The molecule has 128 heavy (non-hydrogen) atoms. The first kappa shape index (κ1) is 119. The molecule has 0 saturated heterocycles. The van der Waals surface area contributed by atoms with Crippen LogP contribution in [0.5, 0.6) is 57.5 Å². The van der Waals surface area contributed by atoms with Crippen molar-refractivity contribution in [2.45, 2.75) is 206 Å². The van der Waals surface area contributed by atoms with Gasteiger partial charge >= 0.3 is 0 Å². The first-order valence-corrected chi connectivity index (χ1v) is 45.4. The second kappa shape index (κ2) is 76.6. The molecule has 5 aromatic carbocycles. The number of aliphatic hydroxyl groups is 10. The van der Waals surface area contributed by atoms with Crippen LogP contribution in [0, 0.1) is 5.92 Å². The van der Waals surface area contributed by atoms with Crippen molar-refractivity contribution in [3.05, 3.63) is 121 Å². The summed E-state index contributed by atoms with van der Waals surface area (Å²) in [5.74, 6) is 7.03. The maximum atomic E-state index is 9.96. The zero-order chi connectivity index (χ0) is 95.1. The largest absolute Gasteiger partial charge is 0.491 e. The van der Waals surface area contributed by atoms with E-state index in [1.54, 1.807) is 109 Å². The summed E-state index contributed by atoms with van der Waals surface area (Å²) in [5, 5.41) is 130. The molecule has 0 aliphatic rings. The molecule has 0 aliphatic heterocycles. The van der Waals surface area contributed by atoms with E-state index in [-0.39, 0.29) is 96.3 Å². The van der Waals surface area contributed by atoms with Crippen LogP contribution in [-0.2, 0) is 0 Å². The van der Waals surface area contributed by atoms with Gasteiger partial charge in [-0.05, 0) is 196 Å². The Morgan fingerprint density at radius 3 is 0.656 bits per heavy atom. The van der Waals surface area contributed by atoms with Gasteiger partial charge in [0.25, 0.3) is 0 Å². The van der Waals surface area contributed by atoms with E-state index in [0.717, 1.165) is 32.4 Å². The minimum Gasteiger partial charge on any atom is -0.491 e. The van der Waals surface area contributed by atoms with Crippen LogP contribution in [0.15, 0.2) is 121 Å². The van der Waals surface area contributed by atoms with Crippen LogP contribution in [0.4, 0.5) is 0 Å². The van der Waals surface area contributed by atoms with E-state index in [2.05, 4.69) is 102 Å². The van der Waals surface area contributed by atoms with Gasteiger partial charge in [0.05, 0.1) is 0 Å². The molecule has 5 aromatic rings. The predicted molar refractivity (Wildman–Crippen MR) is 508 cm³/mol. The zero-order valence-electron chi connectivity index (χ0n) is 78.6. The molecule has 0 radical (unpaired) electrons. The third-order valence-electron chi connectivity index (χ3n) is 18.5. The van der Waals surface area contributed by atoms with Crippen LogP contribution in [0.2, 0.25) is 0 Å². The summed E-state index contributed by atoms with van der Waals surface area (Å²) < 4.78 is 55.6. The molecule has 32 N–H and O–H groups in total. The fourth-order valence-electron chi connectivity index (χ4n) is 10.2. The molecule has 0 aliphatic carbocycles. The van der Waals surface area contributed by atoms with Crippen molar-refractivity contribution in [2.24, 2.45) is 40.3 Å². The van der Waals surface area contributed by atoms with E-state index < -0.39 is 61.0 Å². The second-order valence-electron chi connectivity index (χ2n) is 32.6. The standard InChI is InChI=1S/3C19H35N3O4.C18H34N4O4.C17H31N3O4/c1-14(2)8-21-10-16(23)12-25-18-4-6-19(7-5-18)26-13-17(24)11-22-9-15(3)20;1-4-14(2)21-10-16(23)12-25-18-5-7-19(8-6-18)26-13-17(24)11-22-15(3)9-20;1-4-14(2)21-10-16(23)12-25-18-6-5-7-19(8-18)26-13-17(24)11-22-15(3)9-20;1-13(20)8-21-9-15(23)11-25-17-3-5-18(6-4-17)26-12-16(24)10-22-14(2)7-19;1-2-8-19-10-14(21)12-23-16-3-5-17(6-4-16)24-13-15(22)11-20-9-7-18/h4-7,14-17,21-24H,8-13,20H2,1-3H3;2*5-8,14-17,21-24H,4,9-13,20H2,1-3H3;3-6,13-16,21-24H,7-12,19-20H2,1-2H3;3-6,14-15,19-22H,2,7-13,18H2,1H3. The summed E-state index contributed by atoms with van der Waals surface area (Å²) >= 11 is 0. The Morgan fingerprint density at radius 2 is 0.453 bits per heavy atom. The van der Waals surface area contributed by atoms with Crippen LogP contribution in [0.25, 0.3) is 0 Å². The van der Waals surface area contributed by atoms with Crippen molar-refractivity contribution < 1.29 is 98.4 Å². The van der Waals surface area contributed by atoms with E-state index >= 15 is 0 Å². The highest BCUT2D eigenvalue weighted by Crippen LogP contribution is 2.23. The van der Waals surface area contributed by atoms with Crippen LogP contribution in [-0.4, -0.2) is 345 Å². The highest BCUT2D eigenvalue weighted by Gasteiger charge is 2.17. The number of ether oxygens (including phenoxy) is 10. The lowest BCUT2D eigenvalue weighted by atomic mass is 10.2. The van der Waals surface area contributed by atoms with Crippen LogP contribution < -0.4 is 135 Å². The molecule has 17 atom stereocenters. The van der Waals surface area contributed by atoms with E-state index in [0.29, 0.717) is 187 Å². The monoisotopic (exact) mass is 1820 g/mol. The lowest BCUT2D eigenvalue weighted by Crippen LogP contribution is -2.40. The lowest BCUT2D eigenvalue weighted by molar-refractivity contribution is 0.100. The Balaban J connectivity index is 0.000000800. The van der Waals surface area contributed by atoms with Gasteiger partial charge in [0.1, 0.15) is 185 Å². The van der Waals surface area contributed by atoms with Gasteiger partial charge < -0.3 is 186 Å². The number of rotatable bonds is 70. The summed E-state index contributed by atoms with van der Waals surface area (Å²) in [6.45, 7) is 36.9. The first-order valence-electron chi connectivity index (χ1n) is 45.4. The summed E-state index contributed by atoms with van der Waals surface area (Å²) in [5.41, 5.74) is 33.2. The minimum atomic E-state index is -0.623. The molecule has 0 heterocycles. The topological polar surface area (TPSA) is 571 Å². The highest BCUT2D eigenvalue weighted by atomic mass is 16.5. The number of hydrogen-bond donors (Lipinski definition) is 26. The van der Waals surface area contributed by atoms with Crippen molar-refractivity contribution in [3.63, 3.8) is 0 Å². The van der Waals surface area contributed by atoms with Crippen LogP contribution in [0.3, 0.4) is 0 Å². The average molecular weight is 1820 g/mol. The van der Waals surface area contributed by atoms with Crippen LogP contribution >= 0.6 is 0 Å². The Hall–Kier alpha value is -6.94. The summed E-state index contributed by atoms with van der Waals surface area (Å²) in [6, 6.07) is 36.9. The van der Waals surface area contributed by atoms with Crippen LogP contribution in [0.1, 0.15) is 102 Å². The molecule has 738 valence electrons. The molecule has 0 saturated carbocycles. The average Bonchev–Trinajstić information content (AvgIpc) is 0.885. The Bertz CT molecular complexity index is 3150. The van der Waals surface area contributed by atoms with E-state index in [1.165, 1.54) is 0 Å². The minimum absolute atomic E-state index is 0.0500. The SMILES string of the molecule is CC(C)CNCC(O)COc1ccc(OCC(O)CNCC(C)N)cc1.CC(N)CNCC(O)COc1ccc(OCC(O)CNC(C)CN)cc1.CCC(C)NCC(O)COc1ccc(OCC(O)CNC(C)CN)cc1.CCC(C)NCC(O)COc1cccc(OCC(O)CNC(C)CN)c1.CCCNCC(O)COc1ccc(OCC(O)CNCCN)cc1. The van der Waals surface area contributed by atoms with Gasteiger partial charge in [0.15, 0.2) is 0 Å². The number of nitrogens with one attached hydrogen (secondary N) is 10. The Morgan fingerprint density at radius 1 is 0.250 bits per heavy atom. The molecule has 0 fully saturated rings. The fraction of sp³-hybridized carbons (Fsp3) is 0.674. The number of aliphatic hydroxyl groups excluding tert-OH is 10. The van der Waals surface area contributed by atoms with E-state index in [1.807, 2.05) is 46.8 Å². The van der Waals surface area contributed by atoms with Crippen molar-refractivity contribution >= 4 is 0 Å². The number of hydrogen-bond acceptors (Lipinski definition) is 36. The summed E-state index contributed by atoms with van der Waals surface area (Å²) in [6.07, 6.45) is -2.79. The quantitative estimate of drug-likeness (QED) is 0.0229. The van der Waals surface area contributed by atoms with Gasteiger partial charge in [-0.2, -0.15) is 0 Å². The summed E-state index contributed by atoms with van der Waals surface area (Å²) in [7, 11) is 0. The molecule has 5 rings (SSSR count). The predicted octanol–water partition coefficient (Wildman–Crippen LogP) is 0.0837. The smallest absolute Gasteiger partial charge is 0.123 e. The Kier molecular flexibility index (Phi) is 71.3. The molecular weight excluding hydrogens is 1650 g/mol. The summed E-state index contributed by atoms with van der Waals surface area (Å²) in [4.78, 5) is 0. The number of nitrogens with two attached hydrogens (primary N) is 6. The molecule has 36 heteroatoms. The maximum Gasteiger partial charge on any atom is 0.123 e. The lowest BCUT2D eigenvalue weighted by Gasteiger charge is -2.17. The van der Waals surface area contributed by atoms with Crippen molar-refractivity contribution in [1.82, 2.24) is 53.2 Å². The van der Waals surface area contributed by atoms with Gasteiger partial charge in [0, 0.05) is 160 Å². The molecule has 17 unspecified atom stereocenters. The molecule has 0 spiro atoms. The fourth-order valence-corrected chi connectivity index (χ4v) is 10.2. The van der Waals surface area contributed by atoms with E-state index in [9.17, 15) is 51.1 Å². The van der Waals surface area contributed by atoms with Crippen molar-refractivity contribution in [3.8, 4) is 57.5 Å². The number of benzene rings is 5. The molecular formula is C92H170N16O20. The van der Waals surface area contributed by atoms with E-state index in [4.69, 9.17) is 81.8 Å². The first-order chi connectivity index (χ1) is 61.3. The third-order valence-corrected chi connectivity index (χ3v) is 18.5. The normalized spacial score (nSPS) is 15.3. The van der Waals surface area contributed by atoms with Gasteiger partial charge in [-0.3, -0.25) is 0 Å². The Labute approximate surface area is 763 Å². The highest BCUT2D eigenvalue weighted by molar-refractivity contribution is 5.35. The third kappa shape index (κ3) is 68.1. The van der Waals surface area contributed by atoms with Gasteiger partial charge in [-0.15, -0.1) is 0 Å². The molecule has 36 nitrogen and oxygen atoms in total. The van der Waals surface area contributed by atoms with Crippen molar-refractivity contribution in [1.29, 1.82) is 0 Å².